The van der Waals surface area contributed by atoms with Gasteiger partial charge in [-0.15, -0.1) is 0 Å². The van der Waals surface area contributed by atoms with E-state index in [4.69, 9.17) is 0 Å². The minimum absolute atomic E-state index is 0.0819. The Bertz CT molecular complexity index is 1270. The summed E-state index contributed by atoms with van der Waals surface area (Å²) < 4.78 is 1.70. The van der Waals surface area contributed by atoms with Crippen LogP contribution in [0.1, 0.15) is 44.5 Å². The van der Waals surface area contributed by atoms with Crippen LogP contribution in [-0.2, 0) is 6.42 Å². The number of pyridine rings is 1. The molecule has 6 heteroatoms. The van der Waals surface area contributed by atoms with Gasteiger partial charge >= 0.3 is 0 Å². The second-order valence-corrected chi connectivity index (χ2v) is 7.09. The van der Waals surface area contributed by atoms with Gasteiger partial charge in [-0.05, 0) is 54.8 Å². The number of nitrogens with zero attached hydrogens (tertiary/aromatic N) is 2. The maximum Gasteiger partial charge on any atom is 0.269 e. The van der Waals surface area contributed by atoms with Gasteiger partial charge in [0, 0.05) is 29.5 Å². The molecule has 0 bridgehead atoms. The summed E-state index contributed by atoms with van der Waals surface area (Å²) in [6.07, 6.45) is 2.50. The molecule has 6 nitrogen and oxygen atoms in total. The van der Waals surface area contributed by atoms with Crippen molar-refractivity contribution >= 4 is 22.8 Å². The number of fused-ring (bicyclic) bond motifs is 1. The summed E-state index contributed by atoms with van der Waals surface area (Å²) >= 11 is 0. The van der Waals surface area contributed by atoms with E-state index in [1.165, 1.54) is 31.2 Å². The fourth-order valence-corrected chi connectivity index (χ4v) is 3.52. The van der Waals surface area contributed by atoms with Crippen molar-refractivity contribution in [2.75, 3.05) is 0 Å². The van der Waals surface area contributed by atoms with Crippen molar-refractivity contribution in [2.24, 2.45) is 0 Å². The van der Waals surface area contributed by atoms with Gasteiger partial charge in [-0.2, -0.15) is 0 Å². The van der Waals surface area contributed by atoms with Crippen LogP contribution in [-0.4, -0.2) is 20.9 Å². The number of nitro groups is 1. The third-order valence-corrected chi connectivity index (χ3v) is 5.04. The van der Waals surface area contributed by atoms with Crippen LogP contribution in [0.25, 0.3) is 5.52 Å². The lowest BCUT2D eigenvalue weighted by atomic mass is 10.0. The molecule has 0 N–H and O–H groups in total. The number of Topliss-reactive ketones (excluding diaryl/α,β-unsaturated/α-hetero) is 1. The van der Waals surface area contributed by atoms with Crippen LogP contribution in [0.4, 0.5) is 5.69 Å². The van der Waals surface area contributed by atoms with E-state index < -0.39 is 4.92 Å². The number of hydrogen-bond donors (Lipinski definition) is 0. The summed E-state index contributed by atoms with van der Waals surface area (Å²) in [6, 6.07) is 20.9. The highest BCUT2D eigenvalue weighted by Gasteiger charge is 2.20. The first kappa shape index (κ1) is 19.3. The molecule has 4 rings (SSSR count). The van der Waals surface area contributed by atoms with E-state index in [-0.39, 0.29) is 17.3 Å². The monoisotopic (exact) mass is 398 g/mol. The van der Waals surface area contributed by atoms with Crippen LogP contribution >= 0.6 is 0 Å². The number of non-ortho nitro benzene ring substituents is 1. The van der Waals surface area contributed by atoms with E-state index in [1.54, 1.807) is 16.7 Å². The minimum Gasteiger partial charge on any atom is -0.313 e. The Labute approximate surface area is 172 Å². The summed E-state index contributed by atoms with van der Waals surface area (Å²) in [6.45, 7) is 1.47. The fraction of sp³-hybridized carbons (Fsp3) is 0.0833. The van der Waals surface area contributed by atoms with Crippen molar-refractivity contribution in [1.82, 2.24) is 4.40 Å². The highest BCUT2D eigenvalue weighted by molar-refractivity contribution is 6.12. The highest BCUT2D eigenvalue weighted by Crippen LogP contribution is 2.24. The summed E-state index contributed by atoms with van der Waals surface area (Å²) in [4.78, 5) is 35.6. The minimum atomic E-state index is -0.511. The molecule has 148 valence electrons. The first-order valence-corrected chi connectivity index (χ1v) is 9.42. The summed E-state index contributed by atoms with van der Waals surface area (Å²) in [5.41, 5.74) is 3.90. The molecule has 0 aliphatic rings. The maximum absolute atomic E-state index is 13.1. The summed E-state index contributed by atoms with van der Waals surface area (Å²) in [5.74, 6) is -0.435. The van der Waals surface area contributed by atoms with E-state index in [9.17, 15) is 19.7 Å². The van der Waals surface area contributed by atoms with Gasteiger partial charge in [0.2, 0.25) is 5.78 Å². The Hall–Kier alpha value is -4.06. The Morgan fingerprint density at radius 3 is 2.27 bits per heavy atom. The molecule has 0 radical (unpaired) electrons. The van der Waals surface area contributed by atoms with Gasteiger partial charge < -0.3 is 4.40 Å². The second kappa shape index (κ2) is 7.75. The van der Waals surface area contributed by atoms with Crippen molar-refractivity contribution in [3.63, 3.8) is 0 Å². The van der Waals surface area contributed by atoms with Gasteiger partial charge in [0.1, 0.15) is 0 Å². The Balaban J connectivity index is 1.76. The van der Waals surface area contributed by atoms with Crippen molar-refractivity contribution < 1.29 is 14.5 Å². The van der Waals surface area contributed by atoms with Crippen LogP contribution < -0.4 is 0 Å². The van der Waals surface area contributed by atoms with Gasteiger partial charge in [0.15, 0.2) is 5.78 Å². The SMILES string of the molecule is CC(=O)c1cc(C(=O)c2ccc([N+](=O)[O-])cc2)n2ccc(Cc3ccccc3)cc12. The molecule has 2 aromatic heterocycles. The molecule has 4 aromatic rings. The average molecular weight is 398 g/mol. The second-order valence-electron chi connectivity index (χ2n) is 7.09. The molecule has 0 spiro atoms. The molecule has 0 amide bonds. The summed E-state index contributed by atoms with van der Waals surface area (Å²) in [7, 11) is 0. The normalized spacial score (nSPS) is 10.8. The molecular weight excluding hydrogens is 380 g/mol. The highest BCUT2D eigenvalue weighted by atomic mass is 16.6. The first-order chi connectivity index (χ1) is 14.4. The molecule has 0 aliphatic carbocycles. The lowest BCUT2D eigenvalue weighted by Crippen LogP contribution is -2.05. The molecule has 2 aromatic carbocycles. The molecule has 0 unspecified atom stereocenters. The van der Waals surface area contributed by atoms with Crippen molar-refractivity contribution in [1.29, 1.82) is 0 Å². The third-order valence-electron chi connectivity index (χ3n) is 5.04. The smallest absolute Gasteiger partial charge is 0.269 e. The molecule has 2 heterocycles. The molecule has 0 saturated carbocycles. The number of rotatable bonds is 6. The van der Waals surface area contributed by atoms with Crippen LogP contribution in [0, 0.1) is 10.1 Å². The van der Waals surface area contributed by atoms with Gasteiger partial charge in [-0.25, -0.2) is 0 Å². The summed E-state index contributed by atoms with van der Waals surface area (Å²) in [5, 5.41) is 10.8. The lowest BCUT2D eigenvalue weighted by Gasteiger charge is -2.06. The molecule has 0 fully saturated rings. The molecule has 0 aliphatic heterocycles. The number of benzene rings is 2. The predicted octanol–water partition coefficient (Wildman–Crippen LogP) is 4.87. The zero-order valence-electron chi connectivity index (χ0n) is 16.2. The fourth-order valence-electron chi connectivity index (χ4n) is 3.52. The van der Waals surface area contributed by atoms with Gasteiger partial charge in [-0.1, -0.05) is 30.3 Å². The standard InChI is InChI=1S/C24H18N2O4/c1-16(27)21-15-23(24(28)19-7-9-20(10-8-19)26(29)30)25-12-11-18(14-22(21)25)13-17-5-3-2-4-6-17/h2-12,14-15H,13H2,1H3. The average Bonchev–Trinajstić information content (AvgIpc) is 3.13. The predicted molar refractivity (Wildman–Crippen MR) is 113 cm³/mol. The van der Waals surface area contributed by atoms with Crippen LogP contribution in [0.2, 0.25) is 0 Å². The van der Waals surface area contributed by atoms with Crippen molar-refractivity contribution in [2.45, 2.75) is 13.3 Å². The number of aromatic nitrogens is 1. The zero-order chi connectivity index (χ0) is 21.3. The quantitative estimate of drug-likeness (QED) is 0.264. The Morgan fingerprint density at radius 1 is 0.933 bits per heavy atom. The van der Waals surface area contributed by atoms with Crippen LogP contribution in [0.3, 0.4) is 0 Å². The van der Waals surface area contributed by atoms with Gasteiger partial charge in [-0.3, -0.25) is 19.7 Å². The van der Waals surface area contributed by atoms with E-state index in [2.05, 4.69) is 0 Å². The zero-order valence-corrected chi connectivity index (χ0v) is 16.2. The number of ketones is 2. The van der Waals surface area contributed by atoms with Gasteiger partial charge in [0.05, 0.1) is 16.1 Å². The van der Waals surface area contributed by atoms with Gasteiger partial charge in [0.25, 0.3) is 5.69 Å². The van der Waals surface area contributed by atoms with E-state index >= 15 is 0 Å². The third kappa shape index (κ3) is 3.63. The molecule has 30 heavy (non-hydrogen) atoms. The van der Waals surface area contributed by atoms with Crippen molar-refractivity contribution in [3.05, 3.63) is 117 Å². The molecule has 0 atom stereocenters. The first-order valence-electron chi connectivity index (χ1n) is 9.42. The van der Waals surface area contributed by atoms with Crippen LogP contribution in [0.15, 0.2) is 79.0 Å². The van der Waals surface area contributed by atoms with Crippen molar-refractivity contribution in [3.8, 4) is 0 Å². The largest absolute Gasteiger partial charge is 0.313 e. The van der Waals surface area contributed by atoms with Crippen LogP contribution in [0.5, 0.6) is 0 Å². The maximum atomic E-state index is 13.1. The van der Waals surface area contributed by atoms with E-state index in [1.807, 2.05) is 42.5 Å². The van der Waals surface area contributed by atoms with E-state index in [0.717, 1.165) is 11.1 Å². The number of hydrogen-bond acceptors (Lipinski definition) is 4. The molecule has 0 saturated heterocycles. The number of carbonyl (C=O) groups excluding carboxylic acids is 2. The topological polar surface area (TPSA) is 81.7 Å². The Kier molecular flexibility index (Phi) is 4.98. The number of nitro benzene ring substituents is 1. The number of carbonyl (C=O) groups is 2. The Morgan fingerprint density at radius 2 is 1.63 bits per heavy atom. The lowest BCUT2D eigenvalue weighted by molar-refractivity contribution is -0.384. The van der Waals surface area contributed by atoms with E-state index in [0.29, 0.717) is 28.8 Å². The molecular formula is C24H18N2O4.